The van der Waals surface area contributed by atoms with Crippen LogP contribution >= 0.6 is 34.5 Å². The van der Waals surface area contributed by atoms with Crippen LogP contribution in [0.4, 0.5) is 5.13 Å². The molecule has 0 fully saturated rings. The number of aryl methyl sites for hydroxylation is 2. The van der Waals surface area contributed by atoms with Gasteiger partial charge in [0, 0.05) is 4.88 Å². The van der Waals surface area contributed by atoms with E-state index < -0.39 is 0 Å². The topological polar surface area (TPSA) is 42.0 Å². The Morgan fingerprint density at radius 3 is 2.39 bits per heavy atom. The van der Waals surface area contributed by atoms with Crippen molar-refractivity contribution in [1.29, 1.82) is 0 Å². The van der Waals surface area contributed by atoms with E-state index in [1.165, 1.54) is 11.3 Å². The second-order valence-corrected chi connectivity index (χ2v) is 5.73. The second kappa shape index (κ2) is 5.26. The van der Waals surface area contributed by atoms with Crippen LogP contribution in [0.5, 0.6) is 0 Å². The first-order valence-electron chi connectivity index (χ1n) is 5.18. The summed E-state index contributed by atoms with van der Waals surface area (Å²) in [7, 11) is 0. The predicted molar refractivity (Wildman–Crippen MR) is 76.0 cm³/mol. The molecular weight excluding hydrogens is 291 g/mol. The number of nitrogens with zero attached hydrogens (tertiary/aromatic N) is 1. The van der Waals surface area contributed by atoms with Gasteiger partial charge in [0.05, 0.1) is 21.3 Å². The lowest BCUT2D eigenvalue weighted by Gasteiger charge is -2.05. The van der Waals surface area contributed by atoms with Gasteiger partial charge in [-0.1, -0.05) is 29.3 Å². The fraction of sp³-hybridized carbons (Fsp3) is 0.167. The van der Waals surface area contributed by atoms with Crippen LogP contribution in [0.25, 0.3) is 0 Å². The molecule has 0 atom stereocenters. The molecule has 0 aliphatic rings. The van der Waals surface area contributed by atoms with Gasteiger partial charge in [-0.2, -0.15) is 0 Å². The van der Waals surface area contributed by atoms with Crippen molar-refractivity contribution in [2.75, 3.05) is 5.32 Å². The van der Waals surface area contributed by atoms with E-state index in [1.54, 1.807) is 18.2 Å². The van der Waals surface area contributed by atoms with Gasteiger partial charge in [-0.3, -0.25) is 10.1 Å². The van der Waals surface area contributed by atoms with E-state index in [1.807, 2.05) is 13.8 Å². The van der Waals surface area contributed by atoms with Crippen LogP contribution in [-0.4, -0.2) is 10.9 Å². The normalized spacial score (nSPS) is 10.4. The van der Waals surface area contributed by atoms with Crippen LogP contribution in [0.3, 0.4) is 0 Å². The lowest BCUT2D eigenvalue weighted by molar-refractivity contribution is 0.102. The van der Waals surface area contributed by atoms with E-state index in [9.17, 15) is 4.79 Å². The lowest BCUT2D eigenvalue weighted by atomic mass is 10.2. The molecule has 0 bridgehead atoms. The summed E-state index contributed by atoms with van der Waals surface area (Å²) in [5, 5.41) is 3.90. The number of hydrogen-bond donors (Lipinski definition) is 1. The fourth-order valence-electron chi connectivity index (χ4n) is 1.40. The van der Waals surface area contributed by atoms with Gasteiger partial charge in [-0.05, 0) is 26.0 Å². The molecule has 18 heavy (non-hydrogen) atoms. The van der Waals surface area contributed by atoms with E-state index in [0.29, 0.717) is 15.2 Å². The Labute approximate surface area is 119 Å². The van der Waals surface area contributed by atoms with Crippen molar-refractivity contribution in [1.82, 2.24) is 4.98 Å². The molecule has 2 rings (SSSR count). The molecule has 0 aliphatic heterocycles. The van der Waals surface area contributed by atoms with Crippen LogP contribution in [0.2, 0.25) is 10.0 Å². The van der Waals surface area contributed by atoms with Crippen molar-refractivity contribution in [2.24, 2.45) is 0 Å². The zero-order valence-electron chi connectivity index (χ0n) is 9.75. The maximum atomic E-state index is 12.1. The molecule has 1 aromatic carbocycles. The number of carbonyl (C=O) groups is 1. The molecule has 0 aliphatic carbocycles. The third kappa shape index (κ3) is 2.66. The fourth-order valence-corrected chi connectivity index (χ4v) is 2.78. The largest absolute Gasteiger partial charge is 0.298 e. The molecule has 6 heteroatoms. The number of benzene rings is 1. The van der Waals surface area contributed by atoms with Crippen molar-refractivity contribution < 1.29 is 4.79 Å². The Kier molecular flexibility index (Phi) is 3.90. The second-order valence-electron chi connectivity index (χ2n) is 3.71. The predicted octanol–water partition coefficient (Wildman–Crippen LogP) is 4.32. The molecule has 2 aromatic rings. The zero-order chi connectivity index (χ0) is 13.3. The monoisotopic (exact) mass is 300 g/mol. The first kappa shape index (κ1) is 13.3. The number of thiazole rings is 1. The SMILES string of the molecule is Cc1nc(NC(=O)c2c(Cl)cccc2Cl)sc1C. The van der Waals surface area contributed by atoms with Crippen molar-refractivity contribution in [3.63, 3.8) is 0 Å². The van der Waals surface area contributed by atoms with Gasteiger partial charge in [0.25, 0.3) is 5.91 Å². The number of halogens is 2. The number of carbonyl (C=O) groups excluding carboxylic acids is 1. The van der Waals surface area contributed by atoms with Crippen molar-refractivity contribution in [3.8, 4) is 0 Å². The van der Waals surface area contributed by atoms with Gasteiger partial charge in [0.2, 0.25) is 0 Å². The average molecular weight is 301 g/mol. The molecule has 0 unspecified atom stereocenters. The molecule has 0 radical (unpaired) electrons. The zero-order valence-corrected chi connectivity index (χ0v) is 12.1. The lowest BCUT2D eigenvalue weighted by Crippen LogP contribution is -2.12. The van der Waals surface area contributed by atoms with E-state index in [-0.39, 0.29) is 11.5 Å². The minimum atomic E-state index is -0.348. The molecule has 3 nitrogen and oxygen atoms in total. The number of rotatable bonds is 2. The summed E-state index contributed by atoms with van der Waals surface area (Å²) in [6.07, 6.45) is 0. The van der Waals surface area contributed by atoms with Gasteiger partial charge >= 0.3 is 0 Å². The third-order valence-electron chi connectivity index (χ3n) is 2.44. The highest BCUT2D eigenvalue weighted by Crippen LogP contribution is 2.27. The van der Waals surface area contributed by atoms with Crippen LogP contribution in [0.1, 0.15) is 20.9 Å². The van der Waals surface area contributed by atoms with Crippen molar-refractivity contribution in [2.45, 2.75) is 13.8 Å². The highest BCUT2D eigenvalue weighted by Gasteiger charge is 2.16. The summed E-state index contributed by atoms with van der Waals surface area (Å²) < 4.78 is 0. The molecule has 0 saturated heterocycles. The summed E-state index contributed by atoms with van der Waals surface area (Å²) >= 11 is 13.3. The third-order valence-corrected chi connectivity index (χ3v) is 4.06. The molecular formula is C12H10Cl2N2OS. The standard InChI is InChI=1S/C12H10Cl2N2OS/c1-6-7(2)18-12(15-6)16-11(17)10-8(13)4-3-5-9(10)14/h3-5H,1-2H3,(H,15,16,17). The molecule has 1 N–H and O–H groups in total. The Balaban J connectivity index is 2.27. The first-order valence-corrected chi connectivity index (χ1v) is 6.75. The maximum Gasteiger partial charge on any atom is 0.260 e. The Bertz CT molecular complexity index is 570. The maximum absolute atomic E-state index is 12.1. The molecule has 1 aromatic heterocycles. The molecule has 0 saturated carbocycles. The highest BCUT2D eigenvalue weighted by molar-refractivity contribution is 7.15. The smallest absolute Gasteiger partial charge is 0.260 e. The molecule has 1 amide bonds. The van der Waals surface area contributed by atoms with Crippen LogP contribution in [0.15, 0.2) is 18.2 Å². The van der Waals surface area contributed by atoms with Gasteiger partial charge < -0.3 is 0 Å². The first-order chi connectivity index (χ1) is 8.49. The van der Waals surface area contributed by atoms with E-state index in [4.69, 9.17) is 23.2 Å². The summed E-state index contributed by atoms with van der Waals surface area (Å²) in [5.41, 5.74) is 1.17. The van der Waals surface area contributed by atoms with E-state index in [2.05, 4.69) is 10.3 Å². The van der Waals surface area contributed by atoms with Crippen molar-refractivity contribution >= 4 is 45.6 Å². The Hall–Kier alpha value is -1.10. The van der Waals surface area contributed by atoms with Crippen LogP contribution < -0.4 is 5.32 Å². The summed E-state index contributed by atoms with van der Waals surface area (Å²) in [6, 6.07) is 4.94. The Morgan fingerprint density at radius 2 is 1.89 bits per heavy atom. The molecule has 1 heterocycles. The number of anilines is 1. The number of amides is 1. The Morgan fingerprint density at radius 1 is 1.28 bits per heavy atom. The van der Waals surface area contributed by atoms with Crippen molar-refractivity contribution in [3.05, 3.63) is 44.4 Å². The quantitative estimate of drug-likeness (QED) is 0.897. The van der Waals surface area contributed by atoms with Crippen LogP contribution in [0, 0.1) is 13.8 Å². The van der Waals surface area contributed by atoms with Crippen LogP contribution in [-0.2, 0) is 0 Å². The van der Waals surface area contributed by atoms with E-state index >= 15 is 0 Å². The number of hydrogen-bond acceptors (Lipinski definition) is 3. The minimum Gasteiger partial charge on any atom is -0.298 e. The summed E-state index contributed by atoms with van der Waals surface area (Å²) in [4.78, 5) is 17.4. The van der Waals surface area contributed by atoms with Gasteiger partial charge in [0.15, 0.2) is 5.13 Å². The number of aromatic nitrogens is 1. The molecule has 94 valence electrons. The summed E-state index contributed by atoms with van der Waals surface area (Å²) in [5.74, 6) is -0.348. The summed E-state index contributed by atoms with van der Waals surface area (Å²) in [6.45, 7) is 3.84. The average Bonchev–Trinajstić information content (AvgIpc) is 2.57. The van der Waals surface area contributed by atoms with Gasteiger partial charge in [0.1, 0.15) is 0 Å². The van der Waals surface area contributed by atoms with Gasteiger partial charge in [-0.25, -0.2) is 4.98 Å². The molecule has 0 spiro atoms. The van der Waals surface area contributed by atoms with E-state index in [0.717, 1.165) is 10.6 Å². The number of nitrogens with one attached hydrogen (secondary N) is 1. The minimum absolute atomic E-state index is 0.270. The van der Waals surface area contributed by atoms with Gasteiger partial charge in [-0.15, -0.1) is 11.3 Å². The highest BCUT2D eigenvalue weighted by atomic mass is 35.5.